The van der Waals surface area contributed by atoms with E-state index in [-0.39, 0.29) is 37.7 Å². The number of aromatic hydroxyl groups is 1. The summed E-state index contributed by atoms with van der Waals surface area (Å²) in [5.74, 6) is 2.40. The van der Waals surface area contributed by atoms with Crippen molar-refractivity contribution in [2.75, 3.05) is 47.1 Å². The van der Waals surface area contributed by atoms with Crippen molar-refractivity contribution in [2.45, 2.75) is 44.8 Å². The minimum absolute atomic E-state index is 0.0857. The number of nitrogens with zero attached hydrogens (tertiary/aromatic N) is 1. The molecule has 3 N–H and O–H groups in total. The van der Waals surface area contributed by atoms with Crippen LogP contribution in [0.3, 0.4) is 0 Å². The third kappa shape index (κ3) is 5.19. The van der Waals surface area contributed by atoms with Crippen molar-refractivity contribution >= 4 is 0 Å². The fourth-order valence-electron chi connectivity index (χ4n) is 6.23. The van der Waals surface area contributed by atoms with Crippen LogP contribution in [-0.4, -0.2) is 68.3 Å². The van der Waals surface area contributed by atoms with E-state index in [0.717, 1.165) is 39.8 Å². The molecule has 8 nitrogen and oxygen atoms in total. The third-order valence-corrected chi connectivity index (χ3v) is 7.88. The smallest absolute Gasteiger partial charge is 0.168 e. The van der Waals surface area contributed by atoms with Crippen molar-refractivity contribution < 1.29 is 29.2 Å². The maximum atomic E-state index is 11.6. The van der Waals surface area contributed by atoms with E-state index in [1.165, 1.54) is 0 Å². The van der Waals surface area contributed by atoms with Crippen molar-refractivity contribution in [1.29, 1.82) is 0 Å². The van der Waals surface area contributed by atoms with Gasteiger partial charge in [0.2, 0.25) is 0 Å². The summed E-state index contributed by atoms with van der Waals surface area (Å²) in [4.78, 5) is 2.26. The summed E-state index contributed by atoms with van der Waals surface area (Å²) in [5.41, 5.74) is 5.28. The zero-order chi connectivity index (χ0) is 29.0. The summed E-state index contributed by atoms with van der Waals surface area (Å²) < 4.78 is 24.4. The van der Waals surface area contributed by atoms with Gasteiger partial charge in [0, 0.05) is 40.9 Å². The Kier molecular flexibility index (Phi) is 9.45. The predicted octanol–water partition coefficient (Wildman–Crippen LogP) is 4.49. The lowest BCUT2D eigenvalue weighted by Crippen LogP contribution is -2.46. The number of hydrogen-bond acceptors (Lipinski definition) is 8. The highest BCUT2D eigenvalue weighted by Crippen LogP contribution is 2.55. The minimum Gasteiger partial charge on any atom is -0.504 e. The van der Waals surface area contributed by atoms with Crippen LogP contribution < -0.4 is 24.3 Å². The molecule has 0 radical (unpaired) electrons. The van der Waals surface area contributed by atoms with Crippen LogP contribution in [0.4, 0.5) is 0 Å². The largest absolute Gasteiger partial charge is 0.504 e. The lowest BCUT2D eigenvalue weighted by atomic mass is 9.81. The van der Waals surface area contributed by atoms with E-state index in [9.17, 15) is 10.2 Å². The van der Waals surface area contributed by atoms with Gasteiger partial charge in [-0.3, -0.25) is 4.90 Å². The minimum atomic E-state index is -0.458. The summed E-state index contributed by atoms with van der Waals surface area (Å²) in [6.45, 7) is 16.7. The Labute approximate surface area is 237 Å². The number of rotatable bonds is 12. The van der Waals surface area contributed by atoms with E-state index in [4.69, 9.17) is 18.9 Å². The molecule has 4 rings (SSSR count). The van der Waals surface area contributed by atoms with E-state index in [2.05, 4.69) is 36.0 Å². The maximum absolute atomic E-state index is 11.6. The van der Waals surface area contributed by atoms with Crippen LogP contribution in [0, 0.1) is 13.8 Å². The van der Waals surface area contributed by atoms with Crippen LogP contribution in [0.25, 0.3) is 0 Å². The Balaban J connectivity index is 2.04. The molecule has 2 heterocycles. The van der Waals surface area contributed by atoms with Crippen molar-refractivity contribution in [3.8, 4) is 28.7 Å². The first-order valence-corrected chi connectivity index (χ1v) is 13.7. The van der Waals surface area contributed by atoms with E-state index < -0.39 is 6.04 Å². The number of aryl methyl sites for hydroxylation is 1. The third-order valence-electron chi connectivity index (χ3n) is 7.88. The zero-order valence-electron chi connectivity index (χ0n) is 24.1. The number of methoxy groups -OCH3 is 1. The van der Waals surface area contributed by atoms with Gasteiger partial charge in [-0.25, -0.2) is 0 Å². The number of aliphatic hydroxyl groups is 1. The van der Waals surface area contributed by atoms with E-state index in [1.807, 2.05) is 20.9 Å². The fraction of sp³-hybridized carbons (Fsp3) is 0.438. The quantitative estimate of drug-likeness (QED) is 0.333. The number of nitrogens with one attached hydrogen (secondary N) is 1. The van der Waals surface area contributed by atoms with Gasteiger partial charge < -0.3 is 34.5 Å². The molecule has 0 saturated heterocycles. The Morgan fingerprint density at radius 1 is 0.950 bits per heavy atom. The van der Waals surface area contributed by atoms with Gasteiger partial charge in [-0.2, -0.15) is 0 Å². The average Bonchev–Trinajstić information content (AvgIpc) is 3.10. The molecule has 0 saturated carbocycles. The second-order valence-electron chi connectivity index (χ2n) is 10.3. The fourth-order valence-corrected chi connectivity index (χ4v) is 6.23. The van der Waals surface area contributed by atoms with Gasteiger partial charge in [-0.15, -0.1) is 0 Å². The molecule has 0 aliphatic carbocycles. The average molecular weight is 551 g/mol. The number of phenols is 1. The van der Waals surface area contributed by atoms with Crippen molar-refractivity contribution in [3.63, 3.8) is 0 Å². The van der Waals surface area contributed by atoms with Crippen LogP contribution in [0.2, 0.25) is 0 Å². The number of hydrogen-bond donors (Lipinski definition) is 3. The molecule has 0 spiro atoms. The maximum Gasteiger partial charge on any atom is 0.168 e. The second-order valence-corrected chi connectivity index (χ2v) is 10.3. The lowest BCUT2D eigenvalue weighted by molar-refractivity contribution is 0.0603. The molecule has 2 aliphatic rings. The number of phenolic OH excluding ortho intramolecular Hbond substituents is 1. The molecule has 2 aliphatic heterocycles. The molecule has 216 valence electrons. The predicted molar refractivity (Wildman–Crippen MR) is 157 cm³/mol. The van der Waals surface area contributed by atoms with Gasteiger partial charge >= 0.3 is 0 Å². The summed E-state index contributed by atoms with van der Waals surface area (Å²) in [6.07, 6.45) is 6.31. The number of aliphatic hydroxyl groups excluding tert-OH is 1. The normalized spacial score (nSPS) is 19.9. The molecule has 0 amide bonds. The molecule has 40 heavy (non-hydrogen) atoms. The Bertz CT molecular complexity index is 1270. The second kappa shape index (κ2) is 12.8. The molecule has 2 aromatic rings. The highest BCUT2D eigenvalue weighted by atomic mass is 16.5. The molecule has 3 atom stereocenters. The first-order valence-electron chi connectivity index (χ1n) is 13.7. The van der Waals surface area contributed by atoms with Gasteiger partial charge in [0.1, 0.15) is 25.6 Å². The summed E-state index contributed by atoms with van der Waals surface area (Å²) in [6, 6.07) is 1.49. The van der Waals surface area contributed by atoms with Crippen LogP contribution in [0.5, 0.6) is 28.7 Å². The summed E-state index contributed by atoms with van der Waals surface area (Å²) in [7, 11) is 3.52. The molecule has 2 aromatic carbocycles. The monoisotopic (exact) mass is 550 g/mol. The summed E-state index contributed by atoms with van der Waals surface area (Å²) in [5, 5.41) is 26.0. The highest BCUT2D eigenvalue weighted by Gasteiger charge is 2.45. The zero-order valence-corrected chi connectivity index (χ0v) is 24.1. The van der Waals surface area contributed by atoms with Gasteiger partial charge in [0.15, 0.2) is 23.0 Å². The highest BCUT2D eigenvalue weighted by molar-refractivity contribution is 5.66. The summed E-state index contributed by atoms with van der Waals surface area (Å²) >= 11 is 0. The van der Waals surface area contributed by atoms with E-state index in [1.54, 1.807) is 25.3 Å². The topological polar surface area (TPSA) is 92.7 Å². The number of ether oxygens (including phenoxy) is 4. The van der Waals surface area contributed by atoms with Gasteiger partial charge in [0.05, 0.1) is 19.8 Å². The molecular formula is C32H42N2O6. The first kappa shape index (κ1) is 29.5. The lowest BCUT2D eigenvalue weighted by Gasteiger charge is -2.44. The Hall–Kier alpha value is -3.46. The molecule has 3 unspecified atom stereocenters. The van der Waals surface area contributed by atoms with Crippen LogP contribution >= 0.6 is 0 Å². The van der Waals surface area contributed by atoms with Gasteiger partial charge in [-0.1, -0.05) is 44.0 Å². The van der Waals surface area contributed by atoms with Crippen LogP contribution in [-0.2, 0) is 12.8 Å². The van der Waals surface area contributed by atoms with Gasteiger partial charge in [0.25, 0.3) is 0 Å². The molecule has 0 aromatic heterocycles. The first-order chi connectivity index (χ1) is 19.4. The van der Waals surface area contributed by atoms with E-state index in [0.29, 0.717) is 42.6 Å². The number of likely N-dealkylation sites (N-methyl/N-ethyl adjacent to an activating group) is 1. The van der Waals surface area contributed by atoms with Crippen molar-refractivity contribution in [3.05, 3.63) is 77.4 Å². The Morgan fingerprint density at radius 2 is 1.57 bits per heavy atom. The van der Waals surface area contributed by atoms with Crippen LogP contribution in [0.1, 0.15) is 45.5 Å². The standard InChI is InChI=1S/C32H42N2O6/c1-8-11-38-30-20(5)31(39-12-9-2)32(40-13-10-3)27-23(30)16-24-26-21(14-19(4)29(37-7)28(26)36)15-22(33-6)17-34(24)25(27)18-35/h8-10,14,22,24-25,33,35-36H,1-3,11-13,15-18H2,4-7H3. The molecule has 0 bridgehead atoms. The van der Waals surface area contributed by atoms with Crippen LogP contribution in [0.15, 0.2) is 44.0 Å². The SMILES string of the molecule is C=CCOc1c(C)c(OCC=C)c(OCC=C)c2c1CC1c3c(cc(C)c(OC)c3O)CC(NC)CN1C2CO. The number of fused-ring (bicyclic) bond motifs is 4. The Morgan fingerprint density at radius 3 is 2.15 bits per heavy atom. The molecular weight excluding hydrogens is 508 g/mol. The molecule has 0 fully saturated rings. The molecule has 8 heteroatoms. The van der Waals surface area contributed by atoms with E-state index >= 15 is 0 Å². The van der Waals surface area contributed by atoms with Crippen molar-refractivity contribution in [1.82, 2.24) is 10.2 Å². The van der Waals surface area contributed by atoms with Crippen molar-refractivity contribution in [2.24, 2.45) is 0 Å². The van der Waals surface area contributed by atoms with Gasteiger partial charge in [-0.05, 0) is 44.9 Å². The number of benzene rings is 2.